The van der Waals surface area contributed by atoms with Crippen molar-refractivity contribution in [1.29, 1.82) is 0 Å². The number of urea groups is 1. The number of amides is 2. The summed E-state index contributed by atoms with van der Waals surface area (Å²) in [5.74, 6) is 0.676. The normalized spacial score (nSPS) is 29.3. The zero-order valence-corrected chi connectivity index (χ0v) is 22.7. The predicted octanol–water partition coefficient (Wildman–Crippen LogP) is 3.24. The summed E-state index contributed by atoms with van der Waals surface area (Å²) in [6, 6.07) is 10.7. The molecule has 2 saturated heterocycles. The van der Waals surface area contributed by atoms with Gasteiger partial charge in [0.2, 0.25) is 5.95 Å². The van der Waals surface area contributed by atoms with Gasteiger partial charge in [-0.05, 0) is 64.6 Å². The Kier molecular flexibility index (Phi) is 6.56. The van der Waals surface area contributed by atoms with E-state index in [2.05, 4.69) is 64.2 Å². The van der Waals surface area contributed by atoms with Crippen molar-refractivity contribution in [2.75, 3.05) is 63.3 Å². The van der Waals surface area contributed by atoms with Crippen LogP contribution in [-0.2, 0) is 10.3 Å². The molecule has 0 bridgehead atoms. The first-order valence-corrected chi connectivity index (χ1v) is 14.0. The van der Waals surface area contributed by atoms with Gasteiger partial charge in [0.1, 0.15) is 0 Å². The summed E-state index contributed by atoms with van der Waals surface area (Å²) in [5, 5.41) is 11.1. The van der Waals surface area contributed by atoms with Gasteiger partial charge in [0.05, 0.1) is 55.5 Å². The van der Waals surface area contributed by atoms with Crippen LogP contribution >= 0.6 is 0 Å². The summed E-state index contributed by atoms with van der Waals surface area (Å²) in [7, 11) is 4.33. The minimum Gasteiger partial charge on any atom is -0.388 e. The Morgan fingerprint density at radius 1 is 0.974 bits per heavy atom. The molecule has 0 unspecified atom stereocenters. The quantitative estimate of drug-likeness (QED) is 0.626. The number of benzene rings is 1. The van der Waals surface area contributed by atoms with E-state index in [1.165, 1.54) is 5.56 Å². The van der Waals surface area contributed by atoms with Crippen LogP contribution in [0.3, 0.4) is 0 Å². The van der Waals surface area contributed by atoms with E-state index < -0.39 is 5.60 Å². The molecule has 204 valence electrons. The first kappa shape index (κ1) is 25.5. The van der Waals surface area contributed by atoms with E-state index in [1.807, 2.05) is 9.80 Å². The summed E-state index contributed by atoms with van der Waals surface area (Å²) < 4.78 is 5.45. The van der Waals surface area contributed by atoms with Gasteiger partial charge in [0, 0.05) is 18.6 Å². The zero-order valence-electron chi connectivity index (χ0n) is 22.7. The maximum absolute atomic E-state index is 14.0. The van der Waals surface area contributed by atoms with Gasteiger partial charge in [-0.1, -0.05) is 30.3 Å². The third kappa shape index (κ3) is 4.34. The second kappa shape index (κ2) is 9.77. The second-order valence-electron chi connectivity index (χ2n) is 11.9. The highest BCUT2D eigenvalue weighted by atomic mass is 16.5. The average Bonchev–Trinajstić information content (AvgIpc) is 3.20. The van der Waals surface area contributed by atoms with Crippen LogP contribution in [0.1, 0.15) is 50.5 Å². The van der Waals surface area contributed by atoms with E-state index in [4.69, 9.17) is 4.74 Å². The van der Waals surface area contributed by atoms with Crippen LogP contribution in [-0.4, -0.2) is 95.5 Å². The summed E-state index contributed by atoms with van der Waals surface area (Å²) in [4.78, 5) is 31.6. The van der Waals surface area contributed by atoms with Crippen LogP contribution in [0.5, 0.6) is 0 Å². The summed E-state index contributed by atoms with van der Waals surface area (Å²) >= 11 is 0. The van der Waals surface area contributed by atoms with Crippen molar-refractivity contribution in [1.82, 2.24) is 19.8 Å². The number of carbonyl (C=O) groups excluding carboxylic acids is 1. The average molecular weight is 521 g/mol. The number of morpholine rings is 1. The Balaban J connectivity index is 1.27. The number of nitrogens with zero attached hydrogens (tertiary/aromatic N) is 6. The van der Waals surface area contributed by atoms with Crippen molar-refractivity contribution >= 4 is 17.7 Å². The number of β-amino-alcohol motifs (C(OH)–C–C–N with tert-alkyl or cyclic N) is 1. The van der Waals surface area contributed by atoms with E-state index in [1.54, 1.807) is 12.4 Å². The predicted molar refractivity (Wildman–Crippen MR) is 146 cm³/mol. The molecule has 9 heteroatoms. The lowest BCUT2D eigenvalue weighted by atomic mass is 9.67. The molecule has 1 N–H and O–H groups in total. The number of hydrogen-bond donors (Lipinski definition) is 1. The molecule has 2 aromatic rings. The first-order chi connectivity index (χ1) is 18.3. The number of anilines is 2. The lowest BCUT2D eigenvalue weighted by Crippen LogP contribution is -2.59. The Bertz CT molecular complexity index is 1120. The summed E-state index contributed by atoms with van der Waals surface area (Å²) in [6.07, 6.45) is 9.76. The fourth-order valence-electron chi connectivity index (χ4n) is 6.95. The lowest BCUT2D eigenvalue weighted by molar-refractivity contribution is -0.0725. The molecule has 4 fully saturated rings. The Morgan fingerprint density at radius 2 is 1.63 bits per heavy atom. The highest BCUT2D eigenvalue weighted by Gasteiger charge is 2.56. The molecule has 4 aliphatic rings. The smallest absolute Gasteiger partial charge is 0.325 e. The summed E-state index contributed by atoms with van der Waals surface area (Å²) in [6.45, 7) is 3.88. The molecule has 2 aliphatic heterocycles. The van der Waals surface area contributed by atoms with Gasteiger partial charge in [0.25, 0.3) is 0 Å². The number of aliphatic hydroxyl groups is 1. The molecule has 2 aliphatic carbocycles. The van der Waals surface area contributed by atoms with E-state index in [0.29, 0.717) is 32.3 Å². The Hall–Kier alpha value is -2.75. The number of ether oxygens (including phenoxy) is 1. The first-order valence-electron chi connectivity index (χ1n) is 14.0. The van der Waals surface area contributed by atoms with Gasteiger partial charge < -0.3 is 19.6 Å². The highest BCUT2D eigenvalue weighted by Crippen LogP contribution is 2.50. The van der Waals surface area contributed by atoms with E-state index >= 15 is 0 Å². The van der Waals surface area contributed by atoms with Crippen LogP contribution in [0, 0.1) is 0 Å². The Labute approximate surface area is 225 Å². The third-order valence-corrected chi connectivity index (χ3v) is 9.63. The molecular weight excluding hydrogens is 480 g/mol. The van der Waals surface area contributed by atoms with Crippen molar-refractivity contribution in [3.63, 3.8) is 0 Å². The van der Waals surface area contributed by atoms with Crippen molar-refractivity contribution in [3.05, 3.63) is 48.3 Å². The standard InChI is InChI=1S/C29H40N6O3/c1-32(2)29(23-7-4-3-5-8-23)13-11-27(12-14-29)21-34(26(36)35(27)22-28(37)9-6-10-28)24-19-30-25(31-20-24)33-15-17-38-18-16-33/h3-5,7-8,19-20,37H,6,9-18,21-22H2,1-2H3/t27-,29+. The number of hydrogen-bond acceptors (Lipinski definition) is 7. The maximum atomic E-state index is 14.0. The van der Waals surface area contributed by atoms with E-state index in [0.717, 1.165) is 63.7 Å². The van der Waals surface area contributed by atoms with Crippen molar-refractivity contribution < 1.29 is 14.6 Å². The number of aromatic nitrogens is 2. The van der Waals surface area contributed by atoms with Gasteiger partial charge in [-0.2, -0.15) is 0 Å². The molecule has 3 heterocycles. The van der Waals surface area contributed by atoms with Gasteiger partial charge in [-0.3, -0.25) is 9.80 Å². The monoisotopic (exact) mass is 520 g/mol. The SMILES string of the molecule is CN(C)[C@]1(c2ccccc2)CC[C@]2(CC1)CN(c1cnc(N3CCOCC3)nc1)C(=O)N2CC1(O)CCC1. The summed E-state index contributed by atoms with van der Waals surface area (Å²) in [5.41, 5.74) is 0.898. The van der Waals surface area contributed by atoms with Gasteiger partial charge in [-0.25, -0.2) is 14.8 Å². The molecule has 38 heavy (non-hydrogen) atoms. The molecule has 1 aromatic heterocycles. The van der Waals surface area contributed by atoms with Crippen molar-refractivity contribution in [2.24, 2.45) is 0 Å². The lowest BCUT2D eigenvalue weighted by Gasteiger charge is -2.52. The van der Waals surface area contributed by atoms with Crippen molar-refractivity contribution in [3.8, 4) is 0 Å². The number of rotatable bonds is 6. The van der Waals surface area contributed by atoms with Crippen LogP contribution in [0.4, 0.5) is 16.4 Å². The van der Waals surface area contributed by atoms with Crippen LogP contribution in [0.2, 0.25) is 0 Å². The van der Waals surface area contributed by atoms with Crippen molar-refractivity contribution in [2.45, 2.75) is 61.6 Å². The fourth-order valence-corrected chi connectivity index (χ4v) is 6.95. The fraction of sp³-hybridized carbons (Fsp3) is 0.621. The molecule has 0 radical (unpaired) electrons. The third-order valence-electron chi connectivity index (χ3n) is 9.63. The van der Waals surface area contributed by atoms with Gasteiger partial charge in [-0.15, -0.1) is 0 Å². The molecule has 6 rings (SSSR count). The van der Waals surface area contributed by atoms with Crippen LogP contribution in [0.25, 0.3) is 0 Å². The van der Waals surface area contributed by atoms with E-state index in [-0.39, 0.29) is 17.1 Å². The van der Waals surface area contributed by atoms with Crippen LogP contribution < -0.4 is 9.80 Å². The molecule has 9 nitrogen and oxygen atoms in total. The number of carbonyl (C=O) groups is 1. The van der Waals surface area contributed by atoms with E-state index in [9.17, 15) is 9.90 Å². The zero-order chi connectivity index (χ0) is 26.4. The second-order valence-corrected chi connectivity index (χ2v) is 11.9. The molecule has 0 atom stereocenters. The largest absolute Gasteiger partial charge is 0.388 e. The molecule has 2 amide bonds. The molecule has 2 saturated carbocycles. The molecular formula is C29H40N6O3. The highest BCUT2D eigenvalue weighted by molar-refractivity contribution is 5.95. The van der Waals surface area contributed by atoms with Gasteiger partial charge in [0.15, 0.2) is 0 Å². The minimum absolute atomic E-state index is 0.0369. The molecule has 1 aromatic carbocycles. The Morgan fingerprint density at radius 3 is 2.21 bits per heavy atom. The van der Waals surface area contributed by atoms with Crippen LogP contribution in [0.15, 0.2) is 42.7 Å². The van der Waals surface area contributed by atoms with Gasteiger partial charge >= 0.3 is 6.03 Å². The topological polar surface area (TPSA) is 85.3 Å². The minimum atomic E-state index is -0.773. The molecule has 1 spiro atoms. The maximum Gasteiger partial charge on any atom is 0.325 e.